The fraction of sp³-hybridized carbons (Fsp3) is 0.500. The van der Waals surface area contributed by atoms with E-state index < -0.39 is 5.41 Å². The summed E-state index contributed by atoms with van der Waals surface area (Å²) in [6.45, 7) is 7.06. The van der Waals surface area contributed by atoms with Crippen molar-refractivity contribution in [3.05, 3.63) is 47.2 Å². The lowest BCUT2D eigenvalue weighted by atomic mass is 9.60. The molecule has 4 nitrogen and oxygen atoms in total. The van der Waals surface area contributed by atoms with Crippen molar-refractivity contribution in [2.75, 3.05) is 19.6 Å². The zero-order chi connectivity index (χ0) is 17.9. The van der Waals surface area contributed by atoms with Crippen LogP contribution >= 0.6 is 0 Å². The van der Waals surface area contributed by atoms with Gasteiger partial charge in [-0.25, -0.2) is 0 Å². The highest BCUT2D eigenvalue weighted by atomic mass is 16.2. The van der Waals surface area contributed by atoms with Crippen molar-refractivity contribution in [2.24, 2.45) is 5.92 Å². The molecule has 6 rings (SSSR count). The van der Waals surface area contributed by atoms with Gasteiger partial charge in [0.15, 0.2) is 0 Å². The van der Waals surface area contributed by atoms with Crippen molar-refractivity contribution in [2.45, 2.75) is 44.6 Å². The van der Waals surface area contributed by atoms with Gasteiger partial charge in [-0.1, -0.05) is 36.8 Å². The van der Waals surface area contributed by atoms with Gasteiger partial charge in [0.05, 0.1) is 6.04 Å². The number of carbonyl (C=O) groups is 1. The average molecular weight is 349 g/mol. The number of fused-ring (bicyclic) bond motifs is 3. The Bertz CT molecular complexity index is 911. The average Bonchev–Trinajstić information content (AvgIpc) is 3.00. The van der Waals surface area contributed by atoms with Crippen molar-refractivity contribution >= 4 is 16.8 Å². The van der Waals surface area contributed by atoms with Crippen LogP contribution in [-0.4, -0.2) is 41.5 Å². The first-order valence-electron chi connectivity index (χ1n) is 10.0. The Morgan fingerprint density at radius 3 is 3.00 bits per heavy atom. The molecule has 1 aromatic heterocycles. The molecular weight excluding hydrogens is 322 g/mol. The lowest BCUT2D eigenvalue weighted by Crippen LogP contribution is -2.65. The molecule has 1 aromatic carbocycles. The van der Waals surface area contributed by atoms with Crippen LogP contribution in [-0.2, 0) is 16.6 Å². The molecule has 1 aliphatic carbocycles. The molecule has 1 fully saturated rings. The van der Waals surface area contributed by atoms with Crippen LogP contribution in [0.4, 0.5) is 0 Å². The minimum atomic E-state index is -0.482. The Hall–Kier alpha value is -2.07. The van der Waals surface area contributed by atoms with E-state index in [4.69, 9.17) is 0 Å². The third-order valence-corrected chi connectivity index (χ3v) is 6.75. The second-order valence-corrected chi connectivity index (χ2v) is 8.06. The number of nitrogens with zero attached hydrogens (tertiary/aromatic N) is 1. The molecule has 4 bridgehead atoms. The maximum absolute atomic E-state index is 13.6. The highest BCUT2D eigenvalue weighted by Crippen LogP contribution is 2.52. The zero-order valence-electron chi connectivity index (χ0n) is 15.6. The minimum absolute atomic E-state index is 0.193. The second kappa shape index (κ2) is 5.71. The molecule has 4 aliphatic rings. The van der Waals surface area contributed by atoms with Crippen LogP contribution in [0.2, 0.25) is 0 Å². The van der Waals surface area contributed by atoms with Crippen molar-refractivity contribution in [1.29, 1.82) is 0 Å². The number of hydrogen-bond acceptors (Lipinski definition) is 2. The Balaban J connectivity index is 1.80. The highest BCUT2D eigenvalue weighted by molar-refractivity contribution is 5.94. The Morgan fingerprint density at radius 2 is 2.19 bits per heavy atom. The summed E-state index contributed by atoms with van der Waals surface area (Å²) in [5.74, 6) is 0.670. The molecule has 4 heterocycles. The monoisotopic (exact) mass is 349 g/mol. The third kappa shape index (κ3) is 1.96. The van der Waals surface area contributed by atoms with Crippen LogP contribution in [0.5, 0.6) is 0 Å². The topological polar surface area (TPSA) is 48.1 Å². The van der Waals surface area contributed by atoms with Crippen molar-refractivity contribution in [3.63, 3.8) is 0 Å². The maximum Gasteiger partial charge on any atom is 0.234 e. The molecule has 1 amide bonds. The molecule has 1 saturated heterocycles. The van der Waals surface area contributed by atoms with Gasteiger partial charge in [0.2, 0.25) is 5.91 Å². The van der Waals surface area contributed by atoms with E-state index in [1.807, 2.05) is 6.92 Å². The highest BCUT2D eigenvalue weighted by Gasteiger charge is 2.59. The maximum atomic E-state index is 13.6. The smallest absolute Gasteiger partial charge is 0.234 e. The number of para-hydroxylation sites is 1. The molecule has 136 valence electrons. The van der Waals surface area contributed by atoms with Crippen LogP contribution in [0.25, 0.3) is 10.9 Å². The number of amides is 1. The first kappa shape index (κ1) is 16.1. The fourth-order valence-corrected chi connectivity index (χ4v) is 5.88. The molecule has 4 atom stereocenters. The number of benzene rings is 1. The molecule has 4 unspecified atom stereocenters. The summed E-state index contributed by atoms with van der Waals surface area (Å²) in [7, 11) is 0. The number of hydrogen-bond donors (Lipinski definition) is 2. The van der Waals surface area contributed by atoms with E-state index >= 15 is 0 Å². The number of nitrogens with one attached hydrogen (secondary N) is 2. The van der Waals surface area contributed by atoms with Crippen LogP contribution in [0.3, 0.4) is 0 Å². The van der Waals surface area contributed by atoms with Gasteiger partial charge in [0, 0.05) is 36.2 Å². The number of rotatable bonds is 3. The fourth-order valence-electron chi connectivity index (χ4n) is 5.88. The van der Waals surface area contributed by atoms with E-state index in [0.29, 0.717) is 12.5 Å². The summed E-state index contributed by atoms with van der Waals surface area (Å²) in [6.07, 6.45) is 5.42. The Morgan fingerprint density at radius 1 is 1.35 bits per heavy atom. The van der Waals surface area contributed by atoms with Crippen molar-refractivity contribution < 1.29 is 4.79 Å². The number of aromatic nitrogens is 1. The number of piperidine rings is 1. The van der Waals surface area contributed by atoms with Gasteiger partial charge >= 0.3 is 0 Å². The normalized spacial score (nSPS) is 32.1. The number of aromatic amines is 1. The van der Waals surface area contributed by atoms with E-state index in [9.17, 15) is 4.79 Å². The first-order valence-corrected chi connectivity index (χ1v) is 10.0. The Kier molecular flexibility index (Phi) is 3.54. The third-order valence-electron chi connectivity index (χ3n) is 6.75. The number of likely N-dealkylation sites (N-methyl/N-ethyl adjacent to an activating group) is 1. The largest absolute Gasteiger partial charge is 0.357 e. The van der Waals surface area contributed by atoms with Gasteiger partial charge in [0.25, 0.3) is 0 Å². The van der Waals surface area contributed by atoms with Gasteiger partial charge in [0.1, 0.15) is 5.41 Å². The summed E-state index contributed by atoms with van der Waals surface area (Å²) in [4.78, 5) is 19.9. The van der Waals surface area contributed by atoms with Crippen LogP contribution in [0.15, 0.2) is 35.9 Å². The number of H-pyrrole nitrogens is 1. The molecule has 3 aliphatic heterocycles. The van der Waals surface area contributed by atoms with Gasteiger partial charge in [-0.3, -0.25) is 9.69 Å². The summed E-state index contributed by atoms with van der Waals surface area (Å²) < 4.78 is 0. The summed E-state index contributed by atoms with van der Waals surface area (Å²) in [6, 6.07) is 8.72. The van der Waals surface area contributed by atoms with Crippen LogP contribution in [0.1, 0.15) is 37.9 Å². The van der Waals surface area contributed by atoms with Crippen molar-refractivity contribution in [3.8, 4) is 0 Å². The molecule has 4 heteroatoms. The molecule has 26 heavy (non-hydrogen) atoms. The summed E-state index contributed by atoms with van der Waals surface area (Å²) >= 11 is 0. The van der Waals surface area contributed by atoms with E-state index in [1.165, 1.54) is 22.2 Å². The van der Waals surface area contributed by atoms with Crippen molar-refractivity contribution in [1.82, 2.24) is 15.2 Å². The van der Waals surface area contributed by atoms with Gasteiger partial charge in [-0.2, -0.15) is 0 Å². The zero-order valence-corrected chi connectivity index (χ0v) is 15.6. The summed E-state index contributed by atoms with van der Waals surface area (Å²) in [5, 5.41) is 4.48. The lowest BCUT2D eigenvalue weighted by Gasteiger charge is -2.54. The minimum Gasteiger partial charge on any atom is -0.357 e. The quantitative estimate of drug-likeness (QED) is 0.837. The van der Waals surface area contributed by atoms with E-state index in [-0.39, 0.29) is 11.9 Å². The van der Waals surface area contributed by atoms with E-state index in [1.54, 1.807) is 0 Å². The predicted octanol–water partition coefficient (Wildman–Crippen LogP) is 3.14. The second-order valence-electron chi connectivity index (χ2n) is 8.06. The standard InChI is InChI=1S/C22H27N3O/c1-3-15-11-14-12-22(21(26)23-4-2)19-17(9-10-25(13-14)20(15)22)16-7-5-6-8-18(16)24-19/h5-8,11,14,20,24H,3-4,9-10,12-13H2,1-2H3,(H,23,26). The predicted molar refractivity (Wildman–Crippen MR) is 104 cm³/mol. The van der Waals surface area contributed by atoms with Crippen LogP contribution < -0.4 is 5.32 Å². The van der Waals surface area contributed by atoms with Crippen LogP contribution in [0, 0.1) is 5.92 Å². The Labute approximate surface area is 154 Å². The number of carbonyl (C=O) groups excluding carboxylic acids is 1. The SMILES string of the molecule is CCNC(=O)C12CC3C=C(CC)C1N(CCc1c2[nH]c2ccccc12)C3. The molecule has 0 saturated carbocycles. The van der Waals surface area contributed by atoms with Gasteiger partial charge < -0.3 is 10.3 Å². The molecule has 2 aromatic rings. The molecule has 0 spiro atoms. The molecular formula is C22H27N3O. The van der Waals surface area contributed by atoms with E-state index in [2.05, 4.69) is 52.5 Å². The molecule has 2 N–H and O–H groups in total. The van der Waals surface area contributed by atoms with E-state index in [0.717, 1.165) is 37.9 Å². The van der Waals surface area contributed by atoms with Gasteiger partial charge in [-0.15, -0.1) is 0 Å². The molecule has 0 radical (unpaired) electrons. The summed E-state index contributed by atoms with van der Waals surface area (Å²) in [5.41, 5.74) is 4.67. The lowest BCUT2D eigenvalue weighted by molar-refractivity contribution is -0.132. The first-order chi connectivity index (χ1) is 12.7. The van der Waals surface area contributed by atoms with Gasteiger partial charge in [-0.05, 0) is 43.7 Å².